The number of amides is 1. The summed E-state index contributed by atoms with van der Waals surface area (Å²) in [6.45, 7) is 0.526. The predicted molar refractivity (Wildman–Crippen MR) is 153 cm³/mol. The number of hydrogen-bond acceptors (Lipinski definition) is 5. The van der Waals surface area contributed by atoms with Gasteiger partial charge in [0.2, 0.25) is 0 Å². The van der Waals surface area contributed by atoms with Crippen molar-refractivity contribution in [1.29, 1.82) is 0 Å². The molecule has 0 spiro atoms. The van der Waals surface area contributed by atoms with Crippen LogP contribution in [0.15, 0.2) is 120 Å². The molecule has 1 N–H and O–H groups in total. The Balaban J connectivity index is 1.17. The zero-order valence-corrected chi connectivity index (χ0v) is 21.6. The number of ether oxygens (including phenoxy) is 3. The van der Waals surface area contributed by atoms with Crippen molar-refractivity contribution in [3.8, 4) is 17.2 Å². The largest absolute Gasteiger partial charge is 0.489 e. The van der Waals surface area contributed by atoms with Gasteiger partial charge in [0, 0.05) is 5.56 Å². The van der Waals surface area contributed by atoms with Crippen molar-refractivity contribution in [3.63, 3.8) is 0 Å². The summed E-state index contributed by atoms with van der Waals surface area (Å²) in [4.78, 5) is 12.4. The number of rotatable bonds is 11. The molecule has 0 aliphatic heterocycles. The highest BCUT2D eigenvalue weighted by atomic mass is 19.1. The molecular formula is C33H27FN2O4. The van der Waals surface area contributed by atoms with E-state index in [0.29, 0.717) is 29.4 Å². The second-order valence-corrected chi connectivity index (χ2v) is 8.94. The molecule has 1 amide bonds. The van der Waals surface area contributed by atoms with E-state index in [1.165, 1.54) is 12.1 Å². The topological polar surface area (TPSA) is 69.2 Å². The monoisotopic (exact) mass is 534 g/mol. The van der Waals surface area contributed by atoms with E-state index in [4.69, 9.17) is 14.2 Å². The van der Waals surface area contributed by atoms with Gasteiger partial charge in [0.1, 0.15) is 36.3 Å². The number of carbonyl (C=O) groups is 1. The highest BCUT2D eigenvalue weighted by molar-refractivity contribution is 6.02. The minimum absolute atomic E-state index is 0.203. The fraction of sp³-hybridized carbons (Fsp3) is 0.0909. The van der Waals surface area contributed by atoms with Crippen LogP contribution in [-0.4, -0.2) is 18.7 Å². The van der Waals surface area contributed by atoms with Crippen LogP contribution in [0.4, 0.5) is 4.39 Å². The minimum Gasteiger partial charge on any atom is -0.489 e. The Morgan fingerprint density at radius 1 is 0.700 bits per heavy atom. The summed E-state index contributed by atoms with van der Waals surface area (Å²) >= 11 is 0. The van der Waals surface area contributed by atoms with E-state index < -0.39 is 5.91 Å². The Morgan fingerprint density at radius 2 is 1.35 bits per heavy atom. The van der Waals surface area contributed by atoms with Crippen molar-refractivity contribution in [1.82, 2.24) is 5.43 Å². The lowest BCUT2D eigenvalue weighted by Crippen LogP contribution is -2.24. The van der Waals surface area contributed by atoms with Crippen molar-refractivity contribution < 1.29 is 23.4 Å². The number of hydrazone groups is 1. The van der Waals surface area contributed by atoms with Crippen LogP contribution in [0, 0.1) is 5.82 Å². The quantitative estimate of drug-likeness (QED) is 0.152. The summed E-state index contributed by atoms with van der Waals surface area (Å²) in [5.41, 5.74) is 5.13. The first-order valence-electron chi connectivity index (χ1n) is 12.7. The lowest BCUT2D eigenvalue weighted by molar-refractivity contribution is -0.123. The number of fused-ring (bicyclic) bond motifs is 1. The van der Waals surface area contributed by atoms with E-state index in [-0.39, 0.29) is 19.0 Å². The fourth-order valence-electron chi connectivity index (χ4n) is 4.00. The smallest absolute Gasteiger partial charge is 0.277 e. The van der Waals surface area contributed by atoms with Gasteiger partial charge in [0.15, 0.2) is 6.61 Å². The third kappa shape index (κ3) is 7.23. The molecule has 0 radical (unpaired) electrons. The Labute approximate surface area is 231 Å². The first-order valence-corrected chi connectivity index (χ1v) is 12.7. The molecule has 5 rings (SSSR count). The molecule has 0 bridgehead atoms. The van der Waals surface area contributed by atoms with Gasteiger partial charge in [-0.25, -0.2) is 9.82 Å². The second kappa shape index (κ2) is 13.1. The third-order valence-corrected chi connectivity index (χ3v) is 6.06. The molecule has 0 aromatic heterocycles. The maximum absolute atomic E-state index is 13.2. The number of nitrogens with one attached hydrogen (secondary N) is 1. The van der Waals surface area contributed by atoms with Gasteiger partial charge in [-0.1, -0.05) is 72.8 Å². The Morgan fingerprint density at radius 3 is 2.12 bits per heavy atom. The lowest BCUT2D eigenvalue weighted by Gasteiger charge is -2.12. The Bertz CT molecular complexity index is 1590. The lowest BCUT2D eigenvalue weighted by atomic mass is 10.0. The third-order valence-electron chi connectivity index (χ3n) is 6.06. The summed E-state index contributed by atoms with van der Waals surface area (Å²) in [5.74, 6) is 1.13. The number of nitrogens with zero attached hydrogens (tertiary/aromatic N) is 1. The van der Waals surface area contributed by atoms with Crippen molar-refractivity contribution in [2.45, 2.75) is 13.2 Å². The molecule has 6 nitrogen and oxygen atoms in total. The van der Waals surface area contributed by atoms with Gasteiger partial charge in [-0.3, -0.25) is 4.79 Å². The summed E-state index contributed by atoms with van der Waals surface area (Å²) < 4.78 is 30.6. The van der Waals surface area contributed by atoms with E-state index in [1.54, 1.807) is 42.6 Å². The molecule has 0 unspecified atom stereocenters. The van der Waals surface area contributed by atoms with Crippen molar-refractivity contribution in [2.24, 2.45) is 5.10 Å². The van der Waals surface area contributed by atoms with Gasteiger partial charge in [-0.2, -0.15) is 5.10 Å². The van der Waals surface area contributed by atoms with Crippen LogP contribution in [0.1, 0.15) is 16.7 Å². The highest BCUT2D eigenvalue weighted by Gasteiger charge is 2.09. The van der Waals surface area contributed by atoms with Crippen LogP contribution in [0.5, 0.6) is 17.2 Å². The van der Waals surface area contributed by atoms with Crippen molar-refractivity contribution in [3.05, 3.63) is 138 Å². The molecule has 0 aliphatic rings. The van der Waals surface area contributed by atoms with Gasteiger partial charge in [0.05, 0.1) is 6.21 Å². The van der Waals surface area contributed by atoms with Crippen LogP contribution in [0.3, 0.4) is 0 Å². The SMILES string of the molecule is O=C(COc1ccc(OCc2ccccc2)cc1)NN=Cc1c(OCc2ccc(F)cc2)ccc2ccccc12. The van der Waals surface area contributed by atoms with E-state index in [9.17, 15) is 9.18 Å². The maximum Gasteiger partial charge on any atom is 0.277 e. The van der Waals surface area contributed by atoms with Gasteiger partial charge in [-0.15, -0.1) is 0 Å². The Hall–Kier alpha value is -5.17. The van der Waals surface area contributed by atoms with Gasteiger partial charge < -0.3 is 14.2 Å². The van der Waals surface area contributed by atoms with E-state index in [0.717, 1.165) is 21.9 Å². The van der Waals surface area contributed by atoms with Gasteiger partial charge in [0.25, 0.3) is 5.91 Å². The molecule has 0 aliphatic carbocycles. The van der Waals surface area contributed by atoms with Crippen molar-refractivity contribution in [2.75, 3.05) is 6.61 Å². The average Bonchev–Trinajstić information content (AvgIpc) is 3.00. The standard InChI is InChI=1S/C33H27FN2O4/c34-27-13-10-25(11-14-27)22-40-32-19-12-26-8-4-5-9-30(26)31(32)20-35-36-33(37)23-39-29-17-15-28(16-18-29)38-21-24-6-2-1-3-7-24/h1-20H,21-23H2,(H,36,37). The number of carbonyl (C=O) groups excluding carboxylic acids is 1. The first-order chi connectivity index (χ1) is 19.6. The fourth-order valence-corrected chi connectivity index (χ4v) is 4.00. The van der Waals surface area contributed by atoms with E-state index in [1.807, 2.05) is 66.7 Å². The van der Waals surface area contributed by atoms with E-state index in [2.05, 4.69) is 10.5 Å². The molecule has 200 valence electrons. The molecule has 40 heavy (non-hydrogen) atoms. The molecule has 0 fully saturated rings. The molecule has 7 heteroatoms. The van der Waals surface area contributed by atoms with Crippen LogP contribution in [-0.2, 0) is 18.0 Å². The molecule has 0 saturated carbocycles. The minimum atomic E-state index is -0.408. The number of hydrogen-bond donors (Lipinski definition) is 1. The summed E-state index contributed by atoms with van der Waals surface area (Å²) in [6, 6.07) is 34.8. The molecule has 0 heterocycles. The summed E-state index contributed by atoms with van der Waals surface area (Å²) in [6.07, 6.45) is 1.55. The highest BCUT2D eigenvalue weighted by Crippen LogP contribution is 2.27. The number of halogens is 1. The second-order valence-electron chi connectivity index (χ2n) is 8.94. The molecule has 5 aromatic rings. The normalized spacial score (nSPS) is 10.9. The van der Waals surface area contributed by atoms with Crippen LogP contribution in [0.25, 0.3) is 10.8 Å². The van der Waals surface area contributed by atoms with Gasteiger partial charge in [-0.05, 0) is 64.4 Å². The van der Waals surface area contributed by atoms with E-state index >= 15 is 0 Å². The molecule has 5 aromatic carbocycles. The predicted octanol–water partition coefficient (Wildman–Crippen LogP) is 6.67. The molecule has 0 atom stereocenters. The van der Waals surface area contributed by atoms with Crippen LogP contribution < -0.4 is 19.6 Å². The maximum atomic E-state index is 13.2. The van der Waals surface area contributed by atoms with Gasteiger partial charge >= 0.3 is 0 Å². The summed E-state index contributed by atoms with van der Waals surface area (Å²) in [7, 11) is 0. The zero-order chi connectivity index (χ0) is 27.6. The van der Waals surface area contributed by atoms with Crippen LogP contribution >= 0.6 is 0 Å². The van der Waals surface area contributed by atoms with Crippen LogP contribution in [0.2, 0.25) is 0 Å². The first kappa shape index (κ1) is 26.4. The zero-order valence-electron chi connectivity index (χ0n) is 21.6. The Kier molecular flexibility index (Phi) is 8.63. The molecule has 0 saturated heterocycles. The number of benzene rings is 5. The van der Waals surface area contributed by atoms with Crippen molar-refractivity contribution >= 4 is 22.9 Å². The average molecular weight is 535 g/mol. The molecular weight excluding hydrogens is 507 g/mol. The summed E-state index contributed by atoms with van der Waals surface area (Å²) in [5, 5.41) is 6.07.